The van der Waals surface area contributed by atoms with Crippen LogP contribution in [0.3, 0.4) is 0 Å². The maximum Gasteiger partial charge on any atom is 0.335 e. The van der Waals surface area contributed by atoms with Gasteiger partial charge in [-0.15, -0.1) is 0 Å². The van der Waals surface area contributed by atoms with E-state index in [0.717, 1.165) is 34.0 Å². The van der Waals surface area contributed by atoms with Crippen LogP contribution in [0.15, 0.2) is 72.9 Å². The maximum absolute atomic E-state index is 12.7. The number of hydrogen-bond donors (Lipinski definition) is 3. The topological polar surface area (TPSA) is 109 Å². The van der Waals surface area contributed by atoms with E-state index < -0.39 is 11.4 Å². The largest absolute Gasteiger partial charge is 0.494 e. The molecule has 1 amide bonds. The molecule has 2 aromatic heterocycles. The fraction of sp³-hybridized carbons (Fsp3) is 0.273. The minimum atomic E-state index is -0.966. The summed E-state index contributed by atoms with van der Waals surface area (Å²) < 4.78 is 7.83. The lowest BCUT2D eigenvalue weighted by Gasteiger charge is -2.29. The number of carbonyl (C=O) groups is 2. The van der Waals surface area contributed by atoms with Crippen molar-refractivity contribution in [2.24, 2.45) is 5.41 Å². The monoisotopic (exact) mass is 597 g/mol. The first kappa shape index (κ1) is 29.8. The number of anilines is 2. The molecule has 1 fully saturated rings. The molecule has 1 aliphatic rings. The van der Waals surface area contributed by atoms with Gasteiger partial charge in [0.2, 0.25) is 5.91 Å². The second-order valence-corrected chi connectivity index (χ2v) is 12.0. The Bertz CT molecular complexity index is 1690. The molecule has 0 saturated carbocycles. The SMILES string of the molecule is COc1cc(N2C(=S)NC(c3ccccn3)C2c2cc(C)n(-c3ccc(C(=O)O)cc3)c2C)ccc1NC(=O)C(C)(C)C. The second kappa shape index (κ2) is 11.5. The average molecular weight is 598 g/mol. The van der Waals surface area contributed by atoms with Gasteiger partial charge in [0.15, 0.2) is 5.11 Å². The highest BCUT2D eigenvalue weighted by molar-refractivity contribution is 7.80. The van der Waals surface area contributed by atoms with Crippen molar-refractivity contribution < 1.29 is 19.4 Å². The van der Waals surface area contributed by atoms with Crippen molar-refractivity contribution in [3.8, 4) is 11.4 Å². The summed E-state index contributed by atoms with van der Waals surface area (Å²) in [6.07, 6.45) is 1.77. The molecule has 4 aromatic rings. The van der Waals surface area contributed by atoms with Gasteiger partial charge in [-0.05, 0) is 86.2 Å². The first-order chi connectivity index (χ1) is 20.4. The molecule has 2 unspecified atom stereocenters. The molecule has 3 heterocycles. The number of aromatic nitrogens is 2. The van der Waals surface area contributed by atoms with Crippen LogP contribution in [0, 0.1) is 19.3 Å². The number of aromatic carboxylic acids is 1. The lowest BCUT2D eigenvalue weighted by atomic mass is 9.95. The predicted octanol–water partition coefficient (Wildman–Crippen LogP) is 6.36. The molecule has 0 aliphatic carbocycles. The summed E-state index contributed by atoms with van der Waals surface area (Å²) in [5.74, 6) is -0.567. The summed E-state index contributed by atoms with van der Waals surface area (Å²) in [6.45, 7) is 9.65. The summed E-state index contributed by atoms with van der Waals surface area (Å²) in [7, 11) is 1.57. The average Bonchev–Trinajstić information content (AvgIpc) is 3.47. The molecule has 9 nitrogen and oxygen atoms in total. The number of methoxy groups -OCH3 is 1. The quantitative estimate of drug-likeness (QED) is 0.211. The van der Waals surface area contributed by atoms with Gasteiger partial charge in [-0.2, -0.15) is 0 Å². The van der Waals surface area contributed by atoms with E-state index in [1.54, 1.807) is 25.4 Å². The van der Waals surface area contributed by atoms with Crippen LogP contribution in [-0.4, -0.2) is 38.8 Å². The molecule has 43 heavy (non-hydrogen) atoms. The Hall–Kier alpha value is -4.70. The number of carboxylic acid groups (broad SMARTS) is 1. The minimum Gasteiger partial charge on any atom is -0.494 e. The summed E-state index contributed by atoms with van der Waals surface area (Å²) in [6, 6.07) is 19.9. The van der Waals surface area contributed by atoms with Gasteiger partial charge >= 0.3 is 5.97 Å². The number of nitrogens with zero attached hydrogens (tertiary/aromatic N) is 3. The van der Waals surface area contributed by atoms with Crippen molar-refractivity contribution in [2.75, 3.05) is 17.3 Å². The number of carbonyl (C=O) groups excluding carboxylic acids is 1. The Morgan fingerprint density at radius 2 is 1.72 bits per heavy atom. The van der Waals surface area contributed by atoms with Crippen molar-refractivity contribution >= 4 is 40.6 Å². The third-order valence-corrected chi connectivity index (χ3v) is 7.97. The van der Waals surface area contributed by atoms with Crippen LogP contribution < -0.4 is 20.3 Å². The third kappa shape index (κ3) is 5.70. The number of aryl methyl sites for hydroxylation is 1. The van der Waals surface area contributed by atoms with Crippen LogP contribution >= 0.6 is 12.2 Å². The smallest absolute Gasteiger partial charge is 0.335 e. The fourth-order valence-corrected chi connectivity index (χ4v) is 5.78. The molecule has 1 aliphatic heterocycles. The van der Waals surface area contributed by atoms with Gasteiger partial charge < -0.3 is 29.9 Å². The van der Waals surface area contributed by atoms with E-state index in [1.165, 1.54) is 0 Å². The molecular formula is C33H35N5O4S. The van der Waals surface area contributed by atoms with Crippen molar-refractivity contribution in [3.05, 3.63) is 101 Å². The first-order valence-corrected chi connectivity index (χ1v) is 14.3. The number of pyridine rings is 1. The number of thiocarbonyl (C=S) groups is 1. The molecule has 0 spiro atoms. The van der Waals surface area contributed by atoms with Crippen molar-refractivity contribution in [3.63, 3.8) is 0 Å². The van der Waals surface area contributed by atoms with Gasteiger partial charge in [0, 0.05) is 40.4 Å². The summed E-state index contributed by atoms with van der Waals surface area (Å²) in [5, 5.41) is 16.4. The number of carboxylic acids is 1. The molecule has 0 bridgehead atoms. The number of hydrogen-bond acceptors (Lipinski definition) is 5. The van der Waals surface area contributed by atoms with E-state index >= 15 is 0 Å². The molecule has 5 rings (SSSR count). The van der Waals surface area contributed by atoms with Gasteiger partial charge in [0.1, 0.15) is 5.75 Å². The highest BCUT2D eigenvalue weighted by atomic mass is 32.1. The number of ether oxygens (including phenoxy) is 1. The zero-order valence-electron chi connectivity index (χ0n) is 25.0. The van der Waals surface area contributed by atoms with Gasteiger partial charge in [-0.25, -0.2) is 4.79 Å². The zero-order chi connectivity index (χ0) is 31.1. The van der Waals surface area contributed by atoms with E-state index in [1.807, 2.05) is 83.1 Å². The molecule has 0 radical (unpaired) electrons. The van der Waals surface area contributed by atoms with Crippen molar-refractivity contribution in [2.45, 2.75) is 46.7 Å². The van der Waals surface area contributed by atoms with Crippen LogP contribution in [0.2, 0.25) is 0 Å². The highest BCUT2D eigenvalue weighted by Crippen LogP contribution is 2.45. The van der Waals surface area contributed by atoms with Crippen LogP contribution in [0.1, 0.15) is 65.9 Å². The van der Waals surface area contributed by atoms with Gasteiger partial charge in [-0.3, -0.25) is 9.78 Å². The molecule has 1 saturated heterocycles. The van der Waals surface area contributed by atoms with Gasteiger partial charge in [0.05, 0.1) is 36.1 Å². The lowest BCUT2D eigenvalue weighted by molar-refractivity contribution is -0.123. The molecule has 2 aromatic carbocycles. The number of rotatable bonds is 7. The van der Waals surface area contributed by atoms with E-state index in [4.69, 9.17) is 17.0 Å². The Labute approximate surface area is 256 Å². The minimum absolute atomic E-state index is 0.117. The molecule has 10 heteroatoms. The van der Waals surface area contributed by atoms with E-state index in [0.29, 0.717) is 16.5 Å². The summed E-state index contributed by atoms with van der Waals surface area (Å²) >= 11 is 5.94. The summed E-state index contributed by atoms with van der Waals surface area (Å²) in [5.41, 5.74) is 5.75. The normalized spacial score (nSPS) is 16.6. The number of amides is 1. The maximum atomic E-state index is 12.7. The Balaban J connectivity index is 1.61. The van der Waals surface area contributed by atoms with Crippen molar-refractivity contribution in [1.29, 1.82) is 0 Å². The Kier molecular flexibility index (Phi) is 7.98. The molecular weight excluding hydrogens is 562 g/mol. The van der Waals surface area contributed by atoms with Crippen LogP contribution in [0.4, 0.5) is 11.4 Å². The van der Waals surface area contributed by atoms with Crippen LogP contribution in [0.5, 0.6) is 5.75 Å². The highest BCUT2D eigenvalue weighted by Gasteiger charge is 2.42. The summed E-state index contributed by atoms with van der Waals surface area (Å²) in [4.78, 5) is 30.9. The van der Waals surface area contributed by atoms with E-state index in [9.17, 15) is 14.7 Å². The van der Waals surface area contributed by atoms with Gasteiger partial charge in [0.25, 0.3) is 0 Å². The Morgan fingerprint density at radius 1 is 1.02 bits per heavy atom. The second-order valence-electron chi connectivity index (χ2n) is 11.6. The third-order valence-electron chi connectivity index (χ3n) is 7.65. The molecule has 3 N–H and O–H groups in total. The molecule has 222 valence electrons. The number of nitrogens with one attached hydrogen (secondary N) is 2. The molecule has 2 atom stereocenters. The Morgan fingerprint density at radius 3 is 2.33 bits per heavy atom. The van der Waals surface area contributed by atoms with Crippen LogP contribution in [0.25, 0.3) is 5.69 Å². The van der Waals surface area contributed by atoms with Crippen LogP contribution in [-0.2, 0) is 4.79 Å². The predicted molar refractivity (Wildman–Crippen MR) is 171 cm³/mol. The van der Waals surface area contributed by atoms with Gasteiger partial charge in [-0.1, -0.05) is 26.8 Å². The van der Waals surface area contributed by atoms with E-state index in [-0.39, 0.29) is 23.6 Å². The first-order valence-electron chi connectivity index (χ1n) is 13.9. The number of benzene rings is 2. The zero-order valence-corrected chi connectivity index (χ0v) is 25.8. The van der Waals surface area contributed by atoms with Crippen molar-refractivity contribution in [1.82, 2.24) is 14.9 Å². The fourth-order valence-electron chi connectivity index (χ4n) is 5.43. The standard InChI is InChI=1S/C33H35N5O4S/c1-19-17-24(20(2)37(19)22-12-10-21(11-13-22)30(39)40)29-28(26-9-7-8-16-34-26)36-32(43)38(29)23-14-15-25(27(18-23)42-6)35-31(41)33(3,4)5/h7-18,28-29H,1-6H3,(H,35,41)(H,36,43)(H,39,40). The van der Waals surface area contributed by atoms with E-state index in [2.05, 4.69) is 31.2 Å². The lowest BCUT2D eigenvalue weighted by Crippen LogP contribution is -2.30.